The molecule has 2 aromatic heterocycles. The second-order valence-electron chi connectivity index (χ2n) is 8.48. The Kier molecular flexibility index (Phi) is 6.28. The summed E-state index contributed by atoms with van der Waals surface area (Å²) >= 11 is 3.57. The Morgan fingerprint density at radius 3 is 2.66 bits per heavy atom. The number of alkyl carbamates (subject to hydrolysis) is 1. The second kappa shape index (κ2) is 9.12. The third-order valence-electron chi connectivity index (χ3n) is 4.85. The number of hydrogen-bond acceptors (Lipinski definition) is 5. The quantitative estimate of drug-likeness (QED) is 0.345. The first-order valence-electron chi connectivity index (χ1n) is 10.3. The molecule has 6 nitrogen and oxygen atoms in total. The highest BCUT2D eigenvalue weighted by Crippen LogP contribution is 2.35. The van der Waals surface area contributed by atoms with E-state index < -0.39 is 17.7 Å². The van der Waals surface area contributed by atoms with Gasteiger partial charge in [-0.3, -0.25) is 4.98 Å². The molecule has 0 aliphatic carbocycles. The lowest BCUT2D eigenvalue weighted by molar-refractivity contribution is 0.0503. The number of pyridine rings is 1. The zero-order valence-electron chi connectivity index (χ0n) is 18.1. The van der Waals surface area contributed by atoms with Gasteiger partial charge in [-0.2, -0.15) is 0 Å². The van der Waals surface area contributed by atoms with Crippen LogP contribution in [0.1, 0.15) is 38.1 Å². The molecule has 32 heavy (non-hydrogen) atoms. The molecule has 4 aromatic rings. The van der Waals surface area contributed by atoms with Gasteiger partial charge in [-0.1, -0.05) is 45.4 Å². The van der Waals surface area contributed by atoms with Crippen LogP contribution >= 0.6 is 15.9 Å². The predicted molar refractivity (Wildman–Crippen MR) is 127 cm³/mol. The molecule has 0 fully saturated rings. The maximum absolute atomic E-state index is 12.7. The Bertz CT molecular complexity index is 1230. The van der Waals surface area contributed by atoms with Crippen molar-refractivity contribution < 1.29 is 14.1 Å². The van der Waals surface area contributed by atoms with Crippen molar-refractivity contribution in [2.75, 3.05) is 0 Å². The number of halogens is 1. The van der Waals surface area contributed by atoms with E-state index in [1.807, 2.05) is 81.4 Å². The average Bonchev–Trinajstić information content (AvgIpc) is 3.17. The van der Waals surface area contributed by atoms with Gasteiger partial charge >= 0.3 is 6.09 Å². The smallest absolute Gasteiger partial charge is 0.408 e. The molecule has 1 atom stereocenters. The third-order valence-corrected chi connectivity index (χ3v) is 5.35. The van der Waals surface area contributed by atoms with Gasteiger partial charge in [0.25, 0.3) is 0 Å². The number of hydrogen-bond donors (Lipinski definition) is 1. The summed E-state index contributed by atoms with van der Waals surface area (Å²) in [5.74, 6) is 0. The fourth-order valence-corrected chi connectivity index (χ4v) is 3.91. The molecular weight excluding hydrogens is 470 g/mol. The number of carbonyl (C=O) groups excluding carboxylic acids is 1. The highest BCUT2D eigenvalue weighted by atomic mass is 79.9. The average molecular weight is 494 g/mol. The maximum atomic E-state index is 12.7. The van der Waals surface area contributed by atoms with Crippen LogP contribution in [0.25, 0.3) is 22.2 Å². The van der Waals surface area contributed by atoms with E-state index >= 15 is 0 Å². The summed E-state index contributed by atoms with van der Waals surface area (Å²) < 4.78 is 12.0. The number of para-hydroxylation sites is 1. The molecule has 0 saturated heterocycles. The molecule has 4 rings (SSSR count). The summed E-state index contributed by atoms with van der Waals surface area (Å²) in [5.41, 5.74) is 3.43. The van der Waals surface area contributed by atoms with Gasteiger partial charge in [0.15, 0.2) is 5.58 Å². The number of aromatic nitrogens is 2. The molecule has 0 aliphatic heterocycles. The number of nitrogens with one attached hydrogen (secondary N) is 1. The minimum Gasteiger partial charge on any atom is -0.444 e. The monoisotopic (exact) mass is 493 g/mol. The number of nitrogens with zero attached hydrogens (tertiary/aromatic N) is 2. The Balaban J connectivity index is 1.79. The van der Waals surface area contributed by atoms with E-state index in [9.17, 15) is 4.79 Å². The van der Waals surface area contributed by atoms with E-state index in [1.165, 1.54) is 0 Å². The summed E-state index contributed by atoms with van der Waals surface area (Å²) in [7, 11) is 0. The number of fused-ring (bicyclic) bond motifs is 1. The lowest BCUT2D eigenvalue weighted by Gasteiger charge is -2.25. The molecular formula is C25H24BrN3O3. The van der Waals surface area contributed by atoms with Crippen LogP contribution < -0.4 is 5.32 Å². The molecule has 0 saturated carbocycles. The van der Waals surface area contributed by atoms with Gasteiger partial charge in [0.05, 0.1) is 6.04 Å². The van der Waals surface area contributed by atoms with Crippen molar-refractivity contribution in [1.82, 2.24) is 15.5 Å². The van der Waals surface area contributed by atoms with Crippen molar-refractivity contribution in [1.29, 1.82) is 0 Å². The number of amides is 1. The topological polar surface area (TPSA) is 77.2 Å². The van der Waals surface area contributed by atoms with Gasteiger partial charge in [-0.05, 0) is 62.7 Å². The van der Waals surface area contributed by atoms with Gasteiger partial charge in [0.2, 0.25) is 0 Å². The summed E-state index contributed by atoms with van der Waals surface area (Å²) in [6.45, 7) is 5.52. The number of benzene rings is 2. The Labute approximate surface area is 195 Å². The molecule has 0 unspecified atom stereocenters. The first-order chi connectivity index (χ1) is 15.3. The summed E-state index contributed by atoms with van der Waals surface area (Å²) in [4.78, 5) is 17.2. The minimum absolute atomic E-state index is 0.400. The van der Waals surface area contributed by atoms with E-state index in [2.05, 4.69) is 31.4 Å². The molecule has 1 N–H and O–H groups in total. The van der Waals surface area contributed by atoms with Gasteiger partial charge in [-0.25, -0.2) is 4.79 Å². The van der Waals surface area contributed by atoms with Crippen molar-refractivity contribution >= 4 is 33.0 Å². The lowest BCUT2D eigenvalue weighted by atomic mass is 9.93. The van der Waals surface area contributed by atoms with Gasteiger partial charge in [-0.15, -0.1) is 0 Å². The van der Waals surface area contributed by atoms with E-state index in [1.54, 1.807) is 6.20 Å². The van der Waals surface area contributed by atoms with Gasteiger partial charge in [0, 0.05) is 33.7 Å². The van der Waals surface area contributed by atoms with Crippen molar-refractivity contribution in [3.63, 3.8) is 0 Å². The largest absolute Gasteiger partial charge is 0.444 e. The second-order valence-corrected chi connectivity index (χ2v) is 9.40. The minimum atomic E-state index is -0.609. The molecule has 0 spiro atoms. The van der Waals surface area contributed by atoms with Crippen LogP contribution in [0.2, 0.25) is 0 Å². The lowest BCUT2D eigenvalue weighted by Crippen LogP contribution is -2.36. The summed E-state index contributed by atoms with van der Waals surface area (Å²) in [6.07, 6.45) is 1.74. The van der Waals surface area contributed by atoms with Crippen LogP contribution in [0.4, 0.5) is 4.79 Å². The van der Waals surface area contributed by atoms with Crippen LogP contribution in [-0.2, 0) is 11.2 Å². The van der Waals surface area contributed by atoms with E-state index in [-0.39, 0.29) is 0 Å². The van der Waals surface area contributed by atoms with Crippen molar-refractivity contribution in [2.45, 2.75) is 38.8 Å². The van der Waals surface area contributed by atoms with Gasteiger partial charge < -0.3 is 14.6 Å². The molecule has 0 aliphatic rings. The zero-order valence-corrected chi connectivity index (χ0v) is 19.7. The fraction of sp³-hybridized carbons (Fsp3) is 0.240. The number of ether oxygens (including phenoxy) is 1. The summed E-state index contributed by atoms with van der Waals surface area (Å²) in [5, 5.41) is 8.28. The third kappa shape index (κ3) is 5.16. The Morgan fingerprint density at radius 1 is 1.12 bits per heavy atom. The number of rotatable bonds is 5. The van der Waals surface area contributed by atoms with Crippen LogP contribution in [0.5, 0.6) is 0 Å². The first kappa shape index (κ1) is 22.0. The summed E-state index contributed by atoms with van der Waals surface area (Å²) in [6, 6.07) is 19.0. The highest BCUT2D eigenvalue weighted by molar-refractivity contribution is 9.10. The molecule has 0 bridgehead atoms. The van der Waals surface area contributed by atoms with Crippen LogP contribution in [0.15, 0.2) is 75.9 Å². The normalized spacial score (nSPS) is 12.5. The molecule has 7 heteroatoms. The predicted octanol–water partition coefficient (Wildman–Crippen LogP) is 6.46. The molecule has 2 aromatic carbocycles. The maximum Gasteiger partial charge on any atom is 0.408 e. The molecule has 2 heterocycles. The van der Waals surface area contributed by atoms with E-state index in [0.717, 1.165) is 32.4 Å². The van der Waals surface area contributed by atoms with Gasteiger partial charge in [0.1, 0.15) is 11.3 Å². The van der Waals surface area contributed by atoms with Crippen molar-refractivity contribution in [3.8, 4) is 11.3 Å². The Hall–Kier alpha value is -3.19. The molecule has 1 amide bonds. The zero-order chi connectivity index (χ0) is 22.7. The van der Waals surface area contributed by atoms with Crippen LogP contribution in [0, 0.1) is 0 Å². The standard InChI is InChI=1S/C25H24BrN3O3/c1-25(2,3)31-24(30)28-21(15-17-8-6-7-13-27-17)20-14-16(26)11-12-18(20)23-19-9-4-5-10-22(19)32-29-23/h4-14,21H,15H2,1-3H3,(H,28,30)/t21-/m0/s1. The fourth-order valence-electron chi connectivity index (χ4n) is 3.53. The Morgan fingerprint density at radius 2 is 1.91 bits per heavy atom. The number of carbonyl (C=O) groups is 1. The SMILES string of the molecule is CC(C)(C)OC(=O)N[C@@H](Cc1ccccn1)c1cc(Br)ccc1-c1noc2ccccc12. The van der Waals surface area contributed by atoms with Crippen molar-refractivity contribution in [2.24, 2.45) is 0 Å². The van der Waals surface area contributed by atoms with Crippen LogP contribution in [0.3, 0.4) is 0 Å². The molecule has 0 radical (unpaired) electrons. The highest BCUT2D eigenvalue weighted by Gasteiger charge is 2.25. The van der Waals surface area contributed by atoms with Crippen molar-refractivity contribution in [3.05, 3.63) is 82.6 Å². The van der Waals surface area contributed by atoms with E-state index in [4.69, 9.17) is 9.26 Å². The van der Waals surface area contributed by atoms with Crippen LogP contribution in [-0.4, -0.2) is 21.8 Å². The van der Waals surface area contributed by atoms with E-state index in [0.29, 0.717) is 12.0 Å². The first-order valence-corrected chi connectivity index (χ1v) is 11.1. The molecule has 164 valence electrons.